The van der Waals surface area contributed by atoms with E-state index in [9.17, 15) is 4.39 Å². The molecule has 0 bridgehead atoms. The van der Waals surface area contributed by atoms with Gasteiger partial charge in [-0.15, -0.1) is 0 Å². The highest BCUT2D eigenvalue weighted by Crippen LogP contribution is 2.17. The summed E-state index contributed by atoms with van der Waals surface area (Å²) in [5, 5.41) is 3.04. The lowest BCUT2D eigenvalue weighted by Crippen LogP contribution is -2.21. The van der Waals surface area contributed by atoms with Gasteiger partial charge in [0.05, 0.1) is 4.99 Å². The number of halogens is 1. The Balaban J connectivity index is 2.39. The van der Waals surface area contributed by atoms with Crippen molar-refractivity contribution in [1.82, 2.24) is 5.32 Å². The van der Waals surface area contributed by atoms with Gasteiger partial charge in [0.2, 0.25) is 0 Å². The fourth-order valence-electron chi connectivity index (χ4n) is 1.04. The SMILES string of the molecule is CC(=S)NCC1=CC=C(F)CC1. The first-order valence-electron chi connectivity index (χ1n) is 3.97. The Morgan fingerprint density at radius 2 is 2.33 bits per heavy atom. The Kier molecular flexibility index (Phi) is 3.41. The summed E-state index contributed by atoms with van der Waals surface area (Å²) in [6.07, 6.45) is 4.69. The van der Waals surface area contributed by atoms with Gasteiger partial charge in [-0.1, -0.05) is 23.9 Å². The van der Waals surface area contributed by atoms with Crippen LogP contribution in [0.1, 0.15) is 19.8 Å². The van der Waals surface area contributed by atoms with Gasteiger partial charge in [0.25, 0.3) is 0 Å². The lowest BCUT2D eigenvalue weighted by Gasteiger charge is -2.10. The maximum Gasteiger partial charge on any atom is 0.100 e. The zero-order valence-electron chi connectivity index (χ0n) is 7.06. The van der Waals surface area contributed by atoms with Gasteiger partial charge in [-0.3, -0.25) is 0 Å². The Morgan fingerprint density at radius 1 is 1.58 bits per heavy atom. The van der Waals surface area contributed by atoms with E-state index in [1.54, 1.807) is 0 Å². The summed E-state index contributed by atoms with van der Waals surface area (Å²) in [5.41, 5.74) is 1.21. The molecule has 3 heteroatoms. The Morgan fingerprint density at radius 3 is 2.83 bits per heavy atom. The minimum atomic E-state index is -0.0298. The molecule has 1 aliphatic carbocycles. The predicted molar refractivity (Wildman–Crippen MR) is 52.8 cm³/mol. The van der Waals surface area contributed by atoms with Gasteiger partial charge in [0.1, 0.15) is 5.83 Å². The second-order valence-corrected chi connectivity index (χ2v) is 3.46. The Labute approximate surface area is 77.3 Å². The molecule has 0 saturated carbocycles. The van der Waals surface area contributed by atoms with Gasteiger partial charge in [-0.2, -0.15) is 0 Å². The van der Waals surface area contributed by atoms with Crippen LogP contribution < -0.4 is 5.32 Å². The number of nitrogens with one attached hydrogen (secondary N) is 1. The van der Waals surface area contributed by atoms with Crippen molar-refractivity contribution in [2.24, 2.45) is 0 Å². The molecule has 66 valence electrons. The van der Waals surface area contributed by atoms with Crippen molar-refractivity contribution in [1.29, 1.82) is 0 Å². The quantitative estimate of drug-likeness (QED) is 0.663. The lowest BCUT2D eigenvalue weighted by molar-refractivity contribution is 0.579. The molecule has 12 heavy (non-hydrogen) atoms. The predicted octanol–water partition coefficient (Wildman–Crippen LogP) is 2.50. The van der Waals surface area contributed by atoms with Crippen LogP contribution in [-0.2, 0) is 0 Å². The van der Waals surface area contributed by atoms with Crippen LogP contribution in [0.3, 0.4) is 0 Å². The molecule has 0 amide bonds. The number of hydrogen-bond acceptors (Lipinski definition) is 1. The normalized spacial score (nSPS) is 16.5. The first kappa shape index (κ1) is 9.39. The number of rotatable bonds is 2. The van der Waals surface area contributed by atoms with E-state index in [2.05, 4.69) is 5.32 Å². The van der Waals surface area contributed by atoms with Crippen molar-refractivity contribution in [2.45, 2.75) is 19.8 Å². The topological polar surface area (TPSA) is 12.0 Å². The van der Waals surface area contributed by atoms with Gasteiger partial charge >= 0.3 is 0 Å². The highest BCUT2D eigenvalue weighted by molar-refractivity contribution is 7.80. The highest BCUT2D eigenvalue weighted by Gasteiger charge is 2.04. The van der Waals surface area contributed by atoms with E-state index in [4.69, 9.17) is 12.2 Å². The average molecular weight is 185 g/mol. The van der Waals surface area contributed by atoms with E-state index in [0.29, 0.717) is 6.42 Å². The summed E-state index contributed by atoms with van der Waals surface area (Å²) in [6, 6.07) is 0. The first-order chi connectivity index (χ1) is 5.68. The molecule has 0 fully saturated rings. The Hall–Kier alpha value is -0.700. The molecule has 0 heterocycles. The zero-order valence-corrected chi connectivity index (χ0v) is 7.88. The van der Waals surface area contributed by atoms with Crippen molar-refractivity contribution in [3.05, 3.63) is 23.6 Å². The van der Waals surface area contributed by atoms with Crippen molar-refractivity contribution in [3.63, 3.8) is 0 Å². The van der Waals surface area contributed by atoms with E-state index in [0.717, 1.165) is 18.0 Å². The largest absolute Gasteiger partial charge is 0.376 e. The van der Waals surface area contributed by atoms with Crippen molar-refractivity contribution in [3.8, 4) is 0 Å². The molecule has 1 rings (SSSR count). The molecule has 0 unspecified atom stereocenters. The molecule has 1 aliphatic rings. The van der Waals surface area contributed by atoms with E-state index in [1.807, 2.05) is 13.0 Å². The molecule has 0 aromatic heterocycles. The van der Waals surface area contributed by atoms with Crippen LogP contribution in [-0.4, -0.2) is 11.5 Å². The monoisotopic (exact) mass is 185 g/mol. The van der Waals surface area contributed by atoms with Crippen molar-refractivity contribution < 1.29 is 4.39 Å². The molecule has 0 spiro atoms. The summed E-state index contributed by atoms with van der Waals surface area (Å²) >= 11 is 4.86. The van der Waals surface area contributed by atoms with Crippen LogP contribution in [0.25, 0.3) is 0 Å². The number of thiocarbonyl (C=S) groups is 1. The molecule has 0 saturated heterocycles. The van der Waals surface area contributed by atoms with E-state index in [-0.39, 0.29) is 5.83 Å². The highest BCUT2D eigenvalue weighted by atomic mass is 32.1. The molecular formula is C9H12FNS. The van der Waals surface area contributed by atoms with Crippen LogP contribution in [0.15, 0.2) is 23.6 Å². The third-order valence-electron chi connectivity index (χ3n) is 1.75. The molecule has 0 aromatic rings. The lowest BCUT2D eigenvalue weighted by atomic mass is 10.0. The molecule has 1 nitrogen and oxygen atoms in total. The maximum absolute atomic E-state index is 12.5. The number of hydrogen-bond donors (Lipinski definition) is 1. The van der Waals surface area contributed by atoms with Gasteiger partial charge in [-0.05, 0) is 19.4 Å². The Bertz CT molecular complexity index is 243. The van der Waals surface area contributed by atoms with Crippen LogP contribution in [0, 0.1) is 0 Å². The minimum Gasteiger partial charge on any atom is -0.376 e. The molecule has 0 aliphatic heterocycles. The van der Waals surface area contributed by atoms with Gasteiger partial charge < -0.3 is 5.32 Å². The van der Waals surface area contributed by atoms with Crippen molar-refractivity contribution in [2.75, 3.05) is 6.54 Å². The average Bonchev–Trinajstić information content (AvgIpc) is 2.03. The van der Waals surface area contributed by atoms with E-state index >= 15 is 0 Å². The third-order valence-corrected chi connectivity index (χ3v) is 1.89. The summed E-state index contributed by atoms with van der Waals surface area (Å²) in [5.74, 6) is -0.0298. The maximum atomic E-state index is 12.5. The van der Waals surface area contributed by atoms with Crippen LogP contribution in [0.4, 0.5) is 4.39 Å². The second kappa shape index (κ2) is 4.36. The smallest absolute Gasteiger partial charge is 0.100 e. The summed E-state index contributed by atoms with van der Waals surface area (Å²) < 4.78 is 12.5. The van der Waals surface area contributed by atoms with E-state index in [1.165, 1.54) is 11.6 Å². The summed E-state index contributed by atoms with van der Waals surface area (Å²) in [6.45, 7) is 2.59. The fourth-order valence-corrected chi connectivity index (χ4v) is 1.11. The van der Waals surface area contributed by atoms with E-state index < -0.39 is 0 Å². The standard InChI is InChI=1S/C9H12FNS/c1-7(12)11-6-8-2-4-9(10)5-3-8/h2,4H,3,5-6H2,1H3,(H,11,12). The molecular weight excluding hydrogens is 173 g/mol. The third kappa shape index (κ3) is 3.13. The fraction of sp³-hybridized carbons (Fsp3) is 0.444. The molecule has 1 N–H and O–H groups in total. The van der Waals surface area contributed by atoms with Gasteiger partial charge in [0.15, 0.2) is 0 Å². The second-order valence-electron chi connectivity index (χ2n) is 2.85. The molecule has 0 aromatic carbocycles. The molecule has 0 atom stereocenters. The minimum absolute atomic E-state index is 0.0298. The van der Waals surface area contributed by atoms with Gasteiger partial charge in [0, 0.05) is 13.0 Å². The van der Waals surface area contributed by atoms with Crippen molar-refractivity contribution >= 4 is 17.2 Å². The summed E-state index contributed by atoms with van der Waals surface area (Å²) in [7, 11) is 0. The molecule has 0 radical (unpaired) electrons. The van der Waals surface area contributed by atoms with Crippen LogP contribution >= 0.6 is 12.2 Å². The zero-order chi connectivity index (χ0) is 8.97. The summed E-state index contributed by atoms with van der Waals surface area (Å²) in [4.78, 5) is 0.783. The van der Waals surface area contributed by atoms with Crippen LogP contribution in [0.5, 0.6) is 0 Å². The number of allylic oxidation sites excluding steroid dienone is 3. The first-order valence-corrected chi connectivity index (χ1v) is 4.38. The van der Waals surface area contributed by atoms with Crippen LogP contribution in [0.2, 0.25) is 0 Å². The van der Waals surface area contributed by atoms with Gasteiger partial charge in [-0.25, -0.2) is 4.39 Å².